The number of rotatable bonds is 7. The van der Waals surface area contributed by atoms with Gasteiger partial charge in [-0.3, -0.25) is 4.79 Å². The largest absolute Gasteiger partial charge is 0.493 e. The van der Waals surface area contributed by atoms with Crippen LogP contribution in [0.4, 0.5) is 4.39 Å². The zero-order valence-electron chi connectivity index (χ0n) is 21.8. The lowest BCUT2D eigenvalue weighted by Gasteiger charge is -2.15. The average Bonchev–Trinajstić information content (AvgIpc) is 3.41. The fraction of sp³-hybridized carbons (Fsp3) is 0.0645. The first-order chi connectivity index (χ1) is 20.3. The molecule has 0 fully saturated rings. The number of fused-ring (bicyclic) bond motifs is 2. The van der Waals surface area contributed by atoms with Crippen LogP contribution in [0.15, 0.2) is 97.6 Å². The lowest BCUT2D eigenvalue weighted by atomic mass is 10.2. The van der Waals surface area contributed by atoms with Crippen LogP contribution in [0.1, 0.15) is 11.1 Å². The maximum atomic E-state index is 13.6. The van der Waals surface area contributed by atoms with Crippen molar-refractivity contribution in [3.8, 4) is 23.1 Å². The van der Waals surface area contributed by atoms with Crippen LogP contribution in [0.2, 0.25) is 10.0 Å². The van der Waals surface area contributed by atoms with Gasteiger partial charge in [0.2, 0.25) is 5.82 Å². The zero-order valence-corrected chi connectivity index (χ0v) is 24.9. The molecule has 42 heavy (non-hydrogen) atoms. The third kappa shape index (κ3) is 5.38. The highest BCUT2D eigenvalue weighted by Gasteiger charge is 2.19. The molecular weight excluding hydrogens is 648 g/mol. The molecule has 2 heterocycles. The Labute approximate surface area is 256 Å². The van der Waals surface area contributed by atoms with Gasteiger partial charge in [0.15, 0.2) is 17.3 Å². The van der Waals surface area contributed by atoms with Crippen molar-refractivity contribution in [2.75, 3.05) is 7.11 Å². The number of ether oxygens (including phenoxy) is 2. The number of nitrogens with zero attached hydrogens (tertiary/aromatic N) is 3. The Morgan fingerprint density at radius 2 is 1.90 bits per heavy atom. The van der Waals surface area contributed by atoms with Crippen LogP contribution in [-0.2, 0) is 6.61 Å². The van der Waals surface area contributed by atoms with Crippen LogP contribution in [0.5, 0.6) is 11.5 Å². The molecule has 7 nitrogen and oxygen atoms in total. The monoisotopic (exact) mass is 665 g/mol. The summed E-state index contributed by atoms with van der Waals surface area (Å²) in [4.78, 5) is 18.3. The van der Waals surface area contributed by atoms with Crippen molar-refractivity contribution in [1.29, 1.82) is 0 Å². The Balaban J connectivity index is 1.43. The predicted molar refractivity (Wildman–Crippen MR) is 166 cm³/mol. The second-order valence-corrected chi connectivity index (χ2v) is 10.8. The van der Waals surface area contributed by atoms with Crippen LogP contribution in [0.25, 0.3) is 33.5 Å². The fourth-order valence-electron chi connectivity index (χ4n) is 4.40. The van der Waals surface area contributed by atoms with E-state index in [0.29, 0.717) is 48.6 Å². The third-order valence-electron chi connectivity index (χ3n) is 6.41. The molecule has 2 aromatic heterocycles. The lowest BCUT2D eigenvalue weighted by molar-refractivity contribution is 0.284. The molecule has 0 amide bonds. The van der Waals surface area contributed by atoms with E-state index in [9.17, 15) is 9.18 Å². The number of furan rings is 1. The molecule has 0 aliphatic rings. The lowest BCUT2D eigenvalue weighted by Crippen LogP contribution is -2.20. The SMILES string of the molecule is COc1cc(C=Nn2c(-c3cc4cc(Cl)ccc4o3)nc3ccccc3c2=O)c(Br)c(Cl)c1OCc1cccc(F)c1. The van der Waals surface area contributed by atoms with Gasteiger partial charge >= 0.3 is 0 Å². The molecule has 0 saturated heterocycles. The first-order valence-electron chi connectivity index (χ1n) is 12.5. The van der Waals surface area contributed by atoms with Crippen molar-refractivity contribution in [2.45, 2.75) is 6.61 Å². The van der Waals surface area contributed by atoms with Gasteiger partial charge in [0.1, 0.15) is 23.0 Å². The van der Waals surface area contributed by atoms with Gasteiger partial charge < -0.3 is 13.9 Å². The molecule has 210 valence electrons. The van der Waals surface area contributed by atoms with Crippen molar-refractivity contribution < 1.29 is 18.3 Å². The summed E-state index contributed by atoms with van der Waals surface area (Å²) in [5.74, 6) is 0.749. The molecular formula is C31H19BrCl2FN3O4. The smallest absolute Gasteiger partial charge is 0.282 e. The molecule has 0 N–H and O–H groups in total. The summed E-state index contributed by atoms with van der Waals surface area (Å²) in [5.41, 5.74) is 1.80. The fourth-order valence-corrected chi connectivity index (χ4v) is 5.24. The number of hydrogen-bond acceptors (Lipinski definition) is 6. The minimum Gasteiger partial charge on any atom is -0.493 e. The van der Waals surface area contributed by atoms with Crippen molar-refractivity contribution in [3.05, 3.63) is 121 Å². The molecule has 0 bridgehead atoms. The topological polar surface area (TPSA) is 78.9 Å². The van der Waals surface area contributed by atoms with E-state index in [2.05, 4.69) is 21.0 Å². The highest BCUT2D eigenvalue weighted by atomic mass is 79.9. The van der Waals surface area contributed by atoms with Crippen LogP contribution in [-0.4, -0.2) is 23.0 Å². The van der Waals surface area contributed by atoms with E-state index >= 15 is 0 Å². The second kappa shape index (κ2) is 11.6. The van der Waals surface area contributed by atoms with Crippen LogP contribution >= 0.6 is 39.1 Å². The minimum absolute atomic E-state index is 0.0674. The van der Waals surface area contributed by atoms with Crippen LogP contribution < -0.4 is 15.0 Å². The second-order valence-electron chi connectivity index (χ2n) is 9.15. The van der Waals surface area contributed by atoms with Crippen molar-refractivity contribution >= 4 is 67.2 Å². The molecule has 4 aromatic carbocycles. The summed E-state index contributed by atoms with van der Waals surface area (Å²) < 4.78 is 32.7. The van der Waals surface area contributed by atoms with E-state index in [1.807, 2.05) is 0 Å². The van der Waals surface area contributed by atoms with Gasteiger partial charge in [0.05, 0.1) is 24.2 Å². The maximum Gasteiger partial charge on any atom is 0.282 e. The molecule has 0 atom stereocenters. The molecule has 0 radical (unpaired) electrons. The Morgan fingerprint density at radius 3 is 2.71 bits per heavy atom. The van der Waals surface area contributed by atoms with Crippen molar-refractivity contribution in [3.63, 3.8) is 0 Å². The molecule has 0 aliphatic carbocycles. The standard InChI is InChI=1S/C31H19BrCl2FN3O4/c1-40-25-14-19(27(32)28(34)29(25)41-16-17-5-4-6-21(35)11-17)15-36-38-30(37-23-8-3-2-7-22(23)31(38)39)26-13-18-12-20(33)9-10-24(18)42-26/h2-15H,16H2,1H3. The first kappa shape index (κ1) is 28.0. The number of halogens is 4. The Morgan fingerprint density at radius 1 is 1.07 bits per heavy atom. The first-order valence-corrected chi connectivity index (χ1v) is 14.1. The van der Waals surface area contributed by atoms with E-state index in [0.717, 1.165) is 5.39 Å². The van der Waals surface area contributed by atoms with Gasteiger partial charge in [-0.15, -0.1) is 0 Å². The van der Waals surface area contributed by atoms with E-state index in [1.165, 1.54) is 30.1 Å². The Kier molecular flexibility index (Phi) is 7.72. The van der Waals surface area contributed by atoms with E-state index in [1.54, 1.807) is 66.7 Å². The normalized spacial score (nSPS) is 11.5. The van der Waals surface area contributed by atoms with Gasteiger partial charge in [-0.25, -0.2) is 9.37 Å². The highest BCUT2D eigenvalue weighted by molar-refractivity contribution is 9.10. The van der Waals surface area contributed by atoms with Gasteiger partial charge in [-0.1, -0.05) is 47.5 Å². The molecule has 11 heteroatoms. The van der Waals surface area contributed by atoms with Gasteiger partial charge in [-0.2, -0.15) is 9.78 Å². The number of para-hydroxylation sites is 1. The number of aromatic nitrogens is 2. The number of methoxy groups -OCH3 is 1. The van der Waals surface area contributed by atoms with Gasteiger partial charge in [0.25, 0.3) is 5.56 Å². The van der Waals surface area contributed by atoms with E-state index < -0.39 is 5.56 Å². The number of hydrogen-bond donors (Lipinski definition) is 0. The van der Waals surface area contributed by atoms with E-state index in [4.69, 9.17) is 42.1 Å². The van der Waals surface area contributed by atoms with Crippen LogP contribution in [0, 0.1) is 5.82 Å². The third-order valence-corrected chi connectivity index (χ3v) is 8.09. The molecule has 0 aliphatic heterocycles. The molecule has 0 spiro atoms. The van der Waals surface area contributed by atoms with Gasteiger partial charge in [-0.05, 0) is 76.1 Å². The minimum atomic E-state index is -0.394. The van der Waals surface area contributed by atoms with Crippen molar-refractivity contribution in [2.24, 2.45) is 5.10 Å². The van der Waals surface area contributed by atoms with Crippen molar-refractivity contribution in [1.82, 2.24) is 9.66 Å². The summed E-state index contributed by atoms with van der Waals surface area (Å²) in [6.45, 7) is 0.0674. The summed E-state index contributed by atoms with van der Waals surface area (Å²) >= 11 is 16.3. The molecule has 0 saturated carbocycles. The summed E-state index contributed by atoms with van der Waals surface area (Å²) in [6.07, 6.45) is 1.45. The molecule has 6 rings (SSSR count). The molecule has 0 unspecified atom stereocenters. The summed E-state index contributed by atoms with van der Waals surface area (Å²) in [6, 6.07) is 21.7. The number of benzene rings is 4. The Bertz CT molecular complexity index is 2080. The molecule has 6 aromatic rings. The van der Waals surface area contributed by atoms with E-state index in [-0.39, 0.29) is 29.0 Å². The summed E-state index contributed by atoms with van der Waals surface area (Å²) in [7, 11) is 1.47. The Hall–Kier alpha value is -4.18. The summed E-state index contributed by atoms with van der Waals surface area (Å²) in [5, 5.41) is 6.41. The van der Waals surface area contributed by atoms with Gasteiger partial charge in [0, 0.05) is 20.4 Å². The maximum absolute atomic E-state index is 13.6. The highest BCUT2D eigenvalue weighted by Crippen LogP contribution is 2.42. The quantitative estimate of drug-likeness (QED) is 0.160. The predicted octanol–water partition coefficient (Wildman–Crippen LogP) is 8.49. The zero-order chi connectivity index (χ0) is 29.4. The van der Waals surface area contributed by atoms with Crippen LogP contribution in [0.3, 0.4) is 0 Å². The average molecular weight is 667 g/mol.